The van der Waals surface area contributed by atoms with Crippen LogP contribution in [0.5, 0.6) is 5.75 Å². The number of alkyl halides is 1. The lowest BCUT2D eigenvalue weighted by atomic mass is 10.1. The fourth-order valence-corrected chi connectivity index (χ4v) is 2.40. The number of fused-ring (bicyclic) bond motifs is 1. The molecule has 0 radical (unpaired) electrons. The summed E-state index contributed by atoms with van der Waals surface area (Å²) in [6.45, 7) is 0. The highest BCUT2D eigenvalue weighted by molar-refractivity contribution is 5.94. The number of ether oxygens (including phenoxy) is 1. The van der Waals surface area contributed by atoms with Crippen LogP contribution in [0.1, 0.15) is 23.2 Å². The van der Waals surface area contributed by atoms with Gasteiger partial charge in [-0.05, 0) is 6.07 Å². The van der Waals surface area contributed by atoms with Crippen LogP contribution >= 0.6 is 0 Å². The number of pyridine rings is 1. The van der Waals surface area contributed by atoms with E-state index < -0.39 is 45.5 Å². The van der Waals surface area contributed by atoms with Crippen molar-refractivity contribution < 1.29 is 27.8 Å². The normalized spacial score (nSPS) is 15.8. The lowest BCUT2D eigenvalue weighted by Crippen LogP contribution is -2.23. The van der Waals surface area contributed by atoms with E-state index in [4.69, 9.17) is 9.84 Å². The van der Waals surface area contributed by atoms with Crippen molar-refractivity contribution in [2.24, 2.45) is 0 Å². The highest BCUT2D eigenvalue weighted by Crippen LogP contribution is 2.47. The van der Waals surface area contributed by atoms with E-state index in [-0.39, 0.29) is 18.4 Å². The molecule has 1 heterocycles. The second-order valence-corrected chi connectivity index (χ2v) is 5.07. The van der Waals surface area contributed by atoms with E-state index in [0.717, 1.165) is 17.9 Å². The first kappa shape index (κ1) is 14.4. The quantitative estimate of drug-likeness (QED) is 0.945. The molecule has 1 aromatic carbocycles. The molecule has 5 nitrogen and oxygen atoms in total. The Kier molecular flexibility index (Phi) is 2.95. The second-order valence-electron chi connectivity index (χ2n) is 5.07. The second kappa shape index (κ2) is 4.49. The summed E-state index contributed by atoms with van der Waals surface area (Å²) in [4.78, 5) is 23.3. The molecule has 0 saturated heterocycles. The van der Waals surface area contributed by atoms with Gasteiger partial charge in [0, 0.05) is 19.0 Å². The van der Waals surface area contributed by atoms with Gasteiger partial charge in [-0.25, -0.2) is 13.6 Å². The average molecular weight is 313 g/mol. The van der Waals surface area contributed by atoms with Gasteiger partial charge in [0.2, 0.25) is 11.2 Å². The number of aromatic nitrogens is 1. The van der Waals surface area contributed by atoms with E-state index in [9.17, 15) is 22.8 Å². The van der Waals surface area contributed by atoms with Crippen molar-refractivity contribution >= 4 is 16.9 Å². The molecule has 3 rings (SSSR count). The summed E-state index contributed by atoms with van der Waals surface area (Å²) in [5, 5.41) is 8.61. The van der Waals surface area contributed by atoms with Crippen molar-refractivity contribution in [3.05, 3.63) is 39.7 Å². The summed E-state index contributed by atoms with van der Waals surface area (Å²) >= 11 is 0. The van der Waals surface area contributed by atoms with Crippen LogP contribution in [0.3, 0.4) is 0 Å². The molecule has 0 amide bonds. The van der Waals surface area contributed by atoms with Crippen LogP contribution in [-0.2, 0) is 5.79 Å². The zero-order valence-electron chi connectivity index (χ0n) is 11.3. The zero-order valence-corrected chi connectivity index (χ0v) is 11.3. The van der Waals surface area contributed by atoms with Crippen LogP contribution < -0.4 is 10.2 Å². The molecule has 8 heteroatoms. The molecule has 1 aliphatic carbocycles. The van der Waals surface area contributed by atoms with Crippen molar-refractivity contribution in [2.75, 3.05) is 7.11 Å². The molecule has 1 N–H and O–H groups in total. The predicted octanol–water partition coefficient (Wildman–Crippen LogP) is 2.40. The summed E-state index contributed by atoms with van der Waals surface area (Å²) in [6, 6.07) is 0.560. The predicted molar refractivity (Wildman–Crippen MR) is 70.0 cm³/mol. The molecular formula is C14H10F3NO4. The molecule has 116 valence electrons. The molecule has 0 unspecified atom stereocenters. The largest absolute Gasteiger partial charge is 0.491 e. The molecule has 1 aliphatic rings. The number of carbonyl (C=O) groups is 1. The minimum Gasteiger partial charge on any atom is -0.491 e. The molecular weight excluding hydrogens is 303 g/mol. The van der Waals surface area contributed by atoms with Crippen molar-refractivity contribution in [1.29, 1.82) is 0 Å². The van der Waals surface area contributed by atoms with Crippen molar-refractivity contribution in [3.8, 4) is 5.75 Å². The first-order valence-electron chi connectivity index (χ1n) is 6.34. The van der Waals surface area contributed by atoms with Gasteiger partial charge in [-0.1, -0.05) is 0 Å². The Hall–Kier alpha value is -2.51. The molecule has 1 aromatic heterocycles. The number of nitrogens with zero attached hydrogens (tertiary/aromatic N) is 1. The topological polar surface area (TPSA) is 68.5 Å². The maximum atomic E-state index is 14.5. The average Bonchev–Trinajstić information content (AvgIpc) is 3.20. The summed E-state index contributed by atoms with van der Waals surface area (Å²) in [5.74, 6) is -6.88. The maximum absolute atomic E-state index is 14.5. The Morgan fingerprint density at radius 3 is 2.55 bits per heavy atom. The first-order chi connectivity index (χ1) is 10.3. The molecule has 22 heavy (non-hydrogen) atoms. The third-order valence-corrected chi connectivity index (χ3v) is 3.67. The van der Waals surface area contributed by atoms with Crippen LogP contribution in [0, 0.1) is 11.6 Å². The SMILES string of the molecule is COc1c(F)c(F)cc2c(=O)c(C(=O)O)cn(C3(F)CC3)c12. The highest BCUT2D eigenvalue weighted by Gasteiger charge is 2.47. The molecule has 0 bridgehead atoms. The Morgan fingerprint density at radius 2 is 2.05 bits per heavy atom. The Balaban J connectivity index is 2.56. The lowest BCUT2D eigenvalue weighted by Gasteiger charge is -2.18. The van der Waals surface area contributed by atoms with Gasteiger partial charge in [0.05, 0.1) is 12.5 Å². The van der Waals surface area contributed by atoms with E-state index >= 15 is 0 Å². The van der Waals surface area contributed by atoms with Crippen molar-refractivity contribution in [2.45, 2.75) is 18.6 Å². The maximum Gasteiger partial charge on any atom is 0.341 e. The molecule has 0 aliphatic heterocycles. The molecule has 1 saturated carbocycles. The van der Waals surface area contributed by atoms with Crippen LogP contribution in [-0.4, -0.2) is 22.8 Å². The summed E-state index contributed by atoms with van der Waals surface area (Å²) in [5.41, 5.74) is -2.04. The minimum absolute atomic E-state index is 0.0756. The first-order valence-corrected chi connectivity index (χ1v) is 6.34. The number of hydrogen-bond donors (Lipinski definition) is 1. The van der Waals surface area contributed by atoms with E-state index in [0.29, 0.717) is 6.07 Å². The smallest absolute Gasteiger partial charge is 0.341 e. The molecule has 0 spiro atoms. The fraction of sp³-hybridized carbons (Fsp3) is 0.286. The lowest BCUT2D eigenvalue weighted by molar-refractivity contribution is 0.0694. The van der Waals surface area contributed by atoms with Gasteiger partial charge in [-0.15, -0.1) is 0 Å². The fourth-order valence-electron chi connectivity index (χ4n) is 2.40. The van der Waals surface area contributed by atoms with Crippen LogP contribution in [0.2, 0.25) is 0 Å². The molecule has 2 aromatic rings. The number of carboxylic acid groups (broad SMARTS) is 1. The Morgan fingerprint density at radius 1 is 1.41 bits per heavy atom. The number of rotatable bonds is 3. The zero-order chi connectivity index (χ0) is 16.2. The number of carboxylic acids is 1. The number of benzene rings is 1. The van der Waals surface area contributed by atoms with E-state index in [1.165, 1.54) is 0 Å². The third kappa shape index (κ3) is 1.87. The highest BCUT2D eigenvalue weighted by atomic mass is 19.2. The summed E-state index contributed by atoms with van der Waals surface area (Å²) < 4.78 is 47.6. The summed E-state index contributed by atoms with van der Waals surface area (Å²) in [7, 11) is 1.05. The third-order valence-electron chi connectivity index (χ3n) is 3.67. The van der Waals surface area contributed by atoms with Gasteiger partial charge in [0.1, 0.15) is 11.1 Å². The standard InChI is InChI=1S/C14H10F3NO4/c1-22-12-9(16)8(15)4-6-10(12)18(14(17)2-3-14)5-7(11(6)19)13(20)21/h4-5H,2-3H2,1H3,(H,20,21). The summed E-state index contributed by atoms with van der Waals surface area (Å²) in [6.07, 6.45) is 0.957. The van der Waals surface area contributed by atoms with E-state index in [2.05, 4.69) is 0 Å². The van der Waals surface area contributed by atoms with Crippen LogP contribution in [0.4, 0.5) is 13.2 Å². The number of methoxy groups -OCH3 is 1. The van der Waals surface area contributed by atoms with Crippen LogP contribution in [0.15, 0.2) is 17.1 Å². The van der Waals surface area contributed by atoms with Crippen LogP contribution in [0.25, 0.3) is 10.9 Å². The Labute approximate surface area is 121 Å². The number of hydrogen-bond acceptors (Lipinski definition) is 3. The van der Waals surface area contributed by atoms with Gasteiger partial charge >= 0.3 is 5.97 Å². The van der Waals surface area contributed by atoms with Gasteiger partial charge in [-0.3, -0.25) is 4.79 Å². The Bertz CT molecular complexity index is 871. The van der Waals surface area contributed by atoms with Crippen molar-refractivity contribution in [1.82, 2.24) is 4.57 Å². The van der Waals surface area contributed by atoms with Gasteiger partial charge in [-0.2, -0.15) is 4.39 Å². The molecule has 0 atom stereocenters. The van der Waals surface area contributed by atoms with Crippen molar-refractivity contribution in [3.63, 3.8) is 0 Å². The van der Waals surface area contributed by atoms with Gasteiger partial charge in [0.15, 0.2) is 17.4 Å². The van der Waals surface area contributed by atoms with Gasteiger partial charge < -0.3 is 14.4 Å². The van der Waals surface area contributed by atoms with E-state index in [1.807, 2.05) is 0 Å². The number of halogens is 3. The van der Waals surface area contributed by atoms with E-state index in [1.54, 1.807) is 0 Å². The monoisotopic (exact) mass is 313 g/mol. The minimum atomic E-state index is -1.94. The van der Waals surface area contributed by atoms with Gasteiger partial charge in [0.25, 0.3) is 0 Å². The molecule has 1 fully saturated rings. The number of aromatic carboxylic acids is 1.